The van der Waals surface area contributed by atoms with Crippen LogP contribution >= 0.6 is 0 Å². The molecule has 2 aliphatic heterocycles. The smallest absolute Gasteiger partial charge is 0.0594 e. The lowest BCUT2D eigenvalue weighted by molar-refractivity contribution is 0.0250. The summed E-state index contributed by atoms with van der Waals surface area (Å²) in [6.45, 7) is 8.94. The quantitative estimate of drug-likeness (QED) is 0.831. The topological polar surface area (TPSA) is 15.7 Å². The molecule has 2 aliphatic rings. The number of benzene rings is 1. The third-order valence-corrected chi connectivity index (χ3v) is 4.80. The molecule has 0 N–H and O–H groups in total. The van der Waals surface area contributed by atoms with Gasteiger partial charge in [-0.15, -0.1) is 0 Å². The first-order chi connectivity index (χ1) is 10.9. The second kappa shape index (κ2) is 8.47. The van der Waals surface area contributed by atoms with Crippen LogP contribution in [0.1, 0.15) is 18.4 Å². The van der Waals surface area contributed by atoms with Gasteiger partial charge in [0.1, 0.15) is 0 Å². The van der Waals surface area contributed by atoms with E-state index in [-0.39, 0.29) is 0 Å². The molecule has 22 heavy (non-hydrogen) atoms. The van der Waals surface area contributed by atoms with Crippen LogP contribution < -0.4 is 0 Å². The zero-order valence-electron chi connectivity index (χ0n) is 13.5. The van der Waals surface area contributed by atoms with E-state index in [1.807, 2.05) is 0 Å². The molecule has 0 unspecified atom stereocenters. The molecule has 0 saturated carbocycles. The van der Waals surface area contributed by atoms with Crippen molar-refractivity contribution >= 4 is 6.08 Å². The molecule has 2 heterocycles. The Hall–Kier alpha value is -1.16. The fourth-order valence-electron chi connectivity index (χ4n) is 3.40. The molecule has 3 heteroatoms. The molecule has 0 atom stereocenters. The number of morpholine rings is 1. The zero-order chi connectivity index (χ0) is 15.0. The van der Waals surface area contributed by atoms with E-state index in [0.29, 0.717) is 0 Å². The average molecular weight is 300 g/mol. The van der Waals surface area contributed by atoms with Crippen LogP contribution in [-0.4, -0.2) is 62.3 Å². The predicted octanol–water partition coefficient (Wildman–Crippen LogP) is 2.74. The van der Waals surface area contributed by atoms with Crippen LogP contribution in [0.15, 0.2) is 36.4 Å². The third kappa shape index (κ3) is 4.94. The molecular weight excluding hydrogens is 272 g/mol. The average Bonchev–Trinajstić information content (AvgIpc) is 2.58. The van der Waals surface area contributed by atoms with Gasteiger partial charge in [0.15, 0.2) is 0 Å². The molecule has 0 spiro atoms. The van der Waals surface area contributed by atoms with Crippen molar-refractivity contribution in [1.82, 2.24) is 9.80 Å². The summed E-state index contributed by atoms with van der Waals surface area (Å²) in [5, 5.41) is 0. The molecular formula is C19H28N2O. The van der Waals surface area contributed by atoms with Gasteiger partial charge in [0.25, 0.3) is 0 Å². The number of hydrogen-bond donors (Lipinski definition) is 0. The van der Waals surface area contributed by atoms with Crippen molar-refractivity contribution in [2.24, 2.45) is 5.92 Å². The number of nitrogens with zero attached hydrogens (tertiary/aromatic N) is 2. The first kappa shape index (κ1) is 15.7. The maximum absolute atomic E-state index is 5.43. The summed E-state index contributed by atoms with van der Waals surface area (Å²) in [5.41, 5.74) is 1.30. The molecule has 0 aliphatic carbocycles. The molecule has 1 aromatic rings. The fraction of sp³-hybridized carbons (Fsp3) is 0.579. The lowest BCUT2D eigenvalue weighted by Crippen LogP contribution is -2.42. The van der Waals surface area contributed by atoms with Gasteiger partial charge in [-0.05, 0) is 37.4 Å². The van der Waals surface area contributed by atoms with Crippen LogP contribution in [0.5, 0.6) is 0 Å². The Bertz CT molecular complexity index is 446. The highest BCUT2D eigenvalue weighted by Gasteiger charge is 2.21. The normalized spacial score (nSPS) is 22.4. The third-order valence-electron chi connectivity index (χ3n) is 4.80. The van der Waals surface area contributed by atoms with E-state index >= 15 is 0 Å². The largest absolute Gasteiger partial charge is 0.379 e. The second-order valence-electron chi connectivity index (χ2n) is 6.47. The van der Waals surface area contributed by atoms with Gasteiger partial charge < -0.3 is 4.74 Å². The number of likely N-dealkylation sites (tertiary alicyclic amines) is 1. The van der Waals surface area contributed by atoms with E-state index in [1.54, 1.807) is 0 Å². The van der Waals surface area contributed by atoms with E-state index in [2.05, 4.69) is 52.3 Å². The summed E-state index contributed by atoms with van der Waals surface area (Å²) < 4.78 is 5.43. The van der Waals surface area contributed by atoms with Gasteiger partial charge in [-0.3, -0.25) is 9.80 Å². The maximum Gasteiger partial charge on any atom is 0.0594 e. The van der Waals surface area contributed by atoms with Gasteiger partial charge in [-0.2, -0.15) is 0 Å². The summed E-state index contributed by atoms with van der Waals surface area (Å²) in [6.07, 6.45) is 7.23. The number of rotatable bonds is 5. The summed E-state index contributed by atoms with van der Waals surface area (Å²) >= 11 is 0. The molecule has 1 aromatic carbocycles. The van der Waals surface area contributed by atoms with Gasteiger partial charge in [-0.25, -0.2) is 0 Å². The number of piperidine rings is 1. The molecule has 2 saturated heterocycles. The Kier molecular flexibility index (Phi) is 6.05. The highest BCUT2D eigenvalue weighted by Crippen LogP contribution is 2.19. The predicted molar refractivity (Wildman–Crippen MR) is 91.9 cm³/mol. The molecule has 0 radical (unpaired) electrons. The standard InChI is InChI=1S/C19H28N2O/c1-2-5-18(6-3-1)7-4-10-20-11-8-19(9-12-20)17-21-13-15-22-16-14-21/h1-7,19H,8-17H2. The molecule has 0 bridgehead atoms. The van der Waals surface area contributed by atoms with Crippen molar-refractivity contribution in [2.75, 3.05) is 52.5 Å². The molecule has 3 nitrogen and oxygen atoms in total. The second-order valence-corrected chi connectivity index (χ2v) is 6.47. The Morgan fingerprint density at radius 3 is 2.41 bits per heavy atom. The van der Waals surface area contributed by atoms with Gasteiger partial charge in [-0.1, -0.05) is 42.5 Å². The SMILES string of the molecule is C(=Cc1ccccc1)CN1CCC(CN2CCOCC2)CC1. The lowest BCUT2D eigenvalue weighted by atomic mass is 9.96. The molecule has 0 aromatic heterocycles. The summed E-state index contributed by atoms with van der Waals surface area (Å²) in [4.78, 5) is 5.16. The van der Waals surface area contributed by atoms with Crippen molar-refractivity contribution < 1.29 is 4.74 Å². The van der Waals surface area contributed by atoms with E-state index in [1.165, 1.54) is 38.0 Å². The van der Waals surface area contributed by atoms with E-state index in [4.69, 9.17) is 4.74 Å². The first-order valence-corrected chi connectivity index (χ1v) is 8.64. The Labute approximate surface area is 134 Å². The molecule has 2 fully saturated rings. The molecule has 3 rings (SSSR count). The van der Waals surface area contributed by atoms with Crippen LogP contribution in [0.3, 0.4) is 0 Å². The van der Waals surface area contributed by atoms with E-state index in [9.17, 15) is 0 Å². The van der Waals surface area contributed by atoms with Gasteiger partial charge in [0.05, 0.1) is 13.2 Å². The van der Waals surface area contributed by atoms with Crippen molar-refractivity contribution in [1.29, 1.82) is 0 Å². The Balaban J connectivity index is 1.35. The van der Waals surface area contributed by atoms with Crippen molar-refractivity contribution in [3.05, 3.63) is 42.0 Å². The maximum atomic E-state index is 5.43. The minimum absolute atomic E-state index is 0.882. The zero-order valence-corrected chi connectivity index (χ0v) is 13.5. The van der Waals surface area contributed by atoms with Gasteiger partial charge in [0, 0.05) is 26.2 Å². The fourth-order valence-corrected chi connectivity index (χ4v) is 3.40. The van der Waals surface area contributed by atoms with E-state index < -0.39 is 0 Å². The monoisotopic (exact) mass is 300 g/mol. The number of hydrogen-bond acceptors (Lipinski definition) is 3. The van der Waals surface area contributed by atoms with Crippen LogP contribution in [-0.2, 0) is 4.74 Å². The summed E-state index contributed by atoms with van der Waals surface area (Å²) in [5.74, 6) is 0.882. The van der Waals surface area contributed by atoms with Crippen molar-refractivity contribution in [3.8, 4) is 0 Å². The van der Waals surface area contributed by atoms with Crippen LogP contribution in [0.4, 0.5) is 0 Å². The summed E-state index contributed by atoms with van der Waals surface area (Å²) in [6, 6.07) is 10.6. The van der Waals surface area contributed by atoms with Gasteiger partial charge >= 0.3 is 0 Å². The highest BCUT2D eigenvalue weighted by atomic mass is 16.5. The Morgan fingerprint density at radius 1 is 0.955 bits per heavy atom. The minimum atomic E-state index is 0.882. The minimum Gasteiger partial charge on any atom is -0.379 e. The first-order valence-electron chi connectivity index (χ1n) is 8.64. The molecule has 0 amide bonds. The Morgan fingerprint density at radius 2 is 1.68 bits per heavy atom. The van der Waals surface area contributed by atoms with Crippen molar-refractivity contribution in [2.45, 2.75) is 12.8 Å². The lowest BCUT2D eigenvalue weighted by Gasteiger charge is -2.35. The van der Waals surface area contributed by atoms with Crippen LogP contribution in [0.2, 0.25) is 0 Å². The molecule has 120 valence electrons. The van der Waals surface area contributed by atoms with E-state index in [0.717, 1.165) is 38.8 Å². The number of ether oxygens (including phenoxy) is 1. The highest BCUT2D eigenvalue weighted by molar-refractivity contribution is 5.48. The van der Waals surface area contributed by atoms with Crippen LogP contribution in [0.25, 0.3) is 6.08 Å². The van der Waals surface area contributed by atoms with Crippen LogP contribution in [0, 0.1) is 5.92 Å². The van der Waals surface area contributed by atoms with Gasteiger partial charge in [0.2, 0.25) is 0 Å². The summed E-state index contributed by atoms with van der Waals surface area (Å²) in [7, 11) is 0. The van der Waals surface area contributed by atoms with Crippen molar-refractivity contribution in [3.63, 3.8) is 0 Å².